The lowest BCUT2D eigenvalue weighted by atomic mass is 9.93. The van der Waals surface area contributed by atoms with E-state index < -0.39 is 15.7 Å². The second kappa shape index (κ2) is 7.21. The quantitative estimate of drug-likeness (QED) is 0.806. The number of carbonyl (C=O) groups excluding carboxylic acids is 1. The molecule has 0 saturated carbocycles. The fourth-order valence-electron chi connectivity index (χ4n) is 2.76. The normalized spacial score (nSPS) is 17.1. The molecule has 1 aromatic carbocycles. The number of aromatic nitrogens is 1. The van der Waals surface area contributed by atoms with E-state index in [4.69, 9.17) is 0 Å². The van der Waals surface area contributed by atoms with E-state index in [1.54, 1.807) is 0 Å². The Morgan fingerprint density at radius 3 is 2.80 bits per heavy atom. The van der Waals surface area contributed by atoms with Crippen LogP contribution in [0.25, 0.3) is 0 Å². The van der Waals surface area contributed by atoms with Gasteiger partial charge in [0, 0.05) is 11.3 Å². The van der Waals surface area contributed by atoms with Crippen LogP contribution in [0.15, 0.2) is 29.2 Å². The van der Waals surface area contributed by atoms with Gasteiger partial charge in [-0.05, 0) is 49.4 Å². The molecule has 1 aliphatic rings. The summed E-state index contributed by atoms with van der Waals surface area (Å²) in [6.45, 7) is 2.20. The van der Waals surface area contributed by atoms with Gasteiger partial charge in [0.2, 0.25) is 5.91 Å². The summed E-state index contributed by atoms with van der Waals surface area (Å²) in [4.78, 5) is 17.7. The van der Waals surface area contributed by atoms with Gasteiger partial charge in [0.05, 0.1) is 16.3 Å². The lowest BCUT2D eigenvalue weighted by Crippen LogP contribution is -2.17. The third kappa shape index (κ3) is 4.43. The molecule has 0 bridgehead atoms. The lowest BCUT2D eigenvalue weighted by molar-refractivity contribution is -0.115. The number of anilines is 1. The zero-order chi connectivity index (χ0) is 18.0. The van der Waals surface area contributed by atoms with Gasteiger partial charge in [0.15, 0.2) is 15.0 Å². The van der Waals surface area contributed by atoms with E-state index in [0.29, 0.717) is 11.0 Å². The van der Waals surface area contributed by atoms with E-state index in [9.17, 15) is 17.6 Å². The molecule has 0 aliphatic heterocycles. The van der Waals surface area contributed by atoms with E-state index in [0.717, 1.165) is 37.1 Å². The zero-order valence-electron chi connectivity index (χ0n) is 13.8. The predicted octanol–water partition coefficient (Wildman–Crippen LogP) is 3.21. The zero-order valence-corrected chi connectivity index (χ0v) is 15.4. The fourth-order valence-corrected chi connectivity index (χ4v) is 5.19. The third-order valence-electron chi connectivity index (χ3n) is 4.20. The SMILES string of the molecule is CC1CCc2nc(NC(=O)CCS(=O)(=O)c3ccc(F)cc3)sc2C1. The minimum atomic E-state index is -3.62. The summed E-state index contributed by atoms with van der Waals surface area (Å²) < 4.78 is 37.2. The van der Waals surface area contributed by atoms with Gasteiger partial charge in [-0.25, -0.2) is 17.8 Å². The number of nitrogens with zero attached hydrogens (tertiary/aromatic N) is 1. The average Bonchev–Trinajstić information content (AvgIpc) is 2.94. The van der Waals surface area contributed by atoms with Crippen molar-refractivity contribution in [3.05, 3.63) is 40.7 Å². The number of carbonyl (C=O) groups is 1. The maximum absolute atomic E-state index is 12.9. The molecule has 3 rings (SSSR count). The molecule has 1 N–H and O–H groups in total. The minimum absolute atomic E-state index is 0.0143. The Bertz CT molecular complexity index is 876. The second-order valence-electron chi connectivity index (χ2n) is 6.31. The molecule has 1 unspecified atom stereocenters. The van der Waals surface area contributed by atoms with E-state index in [-0.39, 0.29) is 23.0 Å². The summed E-state index contributed by atoms with van der Waals surface area (Å²) in [5, 5.41) is 3.22. The Morgan fingerprint density at radius 1 is 1.36 bits per heavy atom. The first kappa shape index (κ1) is 18.0. The van der Waals surface area contributed by atoms with Crippen LogP contribution >= 0.6 is 11.3 Å². The first-order chi connectivity index (χ1) is 11.8. The monoisotopic (exact) mass is 382 g/mol. The van der Waals surface area contributed by atoms with Gasteiger partial charge in [-0.1, -0.05) is 6.92 Å². The number of halogens is 1. The number of sulfone groups is 1. The van der Waals surface area contributed by atoms with Crippen LogP contribution in [0.4, 0.5) is 9.52 Å². The number of nitrogens with one attached hydrogen (secondary N) is 1. The molecule has 1 heterocycles. The highest BCUT2D eigenvalue weighted by molar-refractivity contribution is 7.91. The van der Waals surface area contributed by atoms with Crippen molar-refractivity contribution in [2.24, 2.45) is 5.92 Å². The van der Waals surface area contributed by atoms with Gasteiger partial charge in [-0.15, -0.1) is 11.3 Å². The van der Waals surface area contributed by atoms with Crippen LogP contribution in [-0.4, -0.2) is 25.1 Å². The number of hydrogen-bond donors (Lipinski definition) is 1. The molecule has 0 radical (unpaired) electrons. The van der Waals surface area contributed by atoms with Crippen LogP contribution in [0.2, 0.25) is 0 Å². The molecular weight excluding hydrogens is 363 g/mol. The lowest BCUT2D eigenvalue weighted by Gasteiger charge is -2.15. The summed E-state index contributed by atoms with van der Waals surface area (Å²) in [6, 6.07) is 4.60. The standard InChI is InChI=1S/C17H19FN2O3S2/c1-11-2-7-14-15(10-11)24-17(19-14)20-16(21)8-9-25(22,23)13-5-3-12(18)4-6-13/h3-6,11H,2,7-10H2,1H3,(H,19,20,21). The average molecular weight is 382 g/mol. The highest BCUT2D eigenvalue weighted by atomic mass is 32.2. The Kier molecular flexibility index (Phi) is 5.19. The number of benzene rings is 1. The summed E-state index contributed by atoms with van der Waals surface area (Å²) in [6.07, 6.45) is 2.82. The van der Waals surface area contributed by atoms with Crippen molar-refractivity contribution in [3.63, 3.8) is 0 Å². The van der Waals surface area contributed by atoms with E-state index in [1.807, 2.05) is 0 Å². The molecule has 5 nitrogen and oxygen atoms in total. The molecule has 1 amide bonds. The van der Waals surface area contributed by atoms with Crippen LogP contribution in [-0.2, 0) is 27.5 Å². The maximum atomic E-state index is 12.9. The Labute approximate surface area is 150 Å². The fraction of sp³-hybridized carbons (Fsp3) is 0.412. The molecule has 25 heavy (non-hydrogen) atoms. The van der Waals surface area contributed by atoms with Crippen molar-refractivity contribution in [3.8, 4) is 0 Å². The topological polar surface area (TPSA) is 76.1 Å². The van der Waals surface area contributed by atoms with Crippen LogP contribution in [0.5, 0.6) is 0 Å². The Morgan fingerprint density at radius 2 is 2.08 bits per heavy atom. The van der Waals surface area contributed by atoms with Gasteiger partial charge in [0.1, 0.15) is 5.82 Å². The first-order valence-electron chi connectivity index (χ1n) is 8.10. The molecule has 0 saturated heterocycles. The van der Waals surface area contributed by atoms with E-state index in [2.05, 4.69) is 17.2 Å². The molecule has 0 fully saturated rings. The molecule has 1 atom stereocenters. The van der Waals surface area contributed by atoms with Crippen LogP contribution < -0.4 is 5.32 Å². The van der Waals surface area contributed by atoms with Crippen LogP contribution in [0, 0.1) is 11.7 Å². The minimum Gasteiger partial charge on any atom is -0.302 e. The van der Waals surface area contributed by atoms with Crippen molar-refractivity contribution >= 4 is 32.2 Å². The summed E-state index contributed by atoms with van der Waals surface area (Å²) >= 11 is 1.46. The van der Waals surface area contributed by atoms with E-state index >= 15 is 0 Å². The summed E-state index contributed by atoms with van der Waals surface area (Å²) in [7, 11) is -3.62. The van der Waals surface area contributed by atoms with Crippen molar-refractivity contribution in [2.45, 2.75) is 37.5 Å². The molecule has 1 aromatic heterocycles. The number of thiazole rings is 1. The predicted molar refractivity (Wildman–Crippen MR) is 95.0 cm³/mol. The number of hydrogen-bond acceptors (Lipinski definition) is 5. The van der Waals surface area contributed by atoms with Crippen molar-refractivity contribution < 1.29 is 17.6 Å². The molecule has 1 aliphatic carbocycles. The number of fused-ring (bicyclic) bond motifs is 1. The Balaban J connectivity index is 1.59. The van der Waals surface area contributed by atoms with Crippen molar-refractivity contribution in [2.75, 3.05) is 11.1 Å². The van der Waals surface area contributed by atoms with Crippen LogP contribution in [0.1, 0.15) is 30.3 Å². The summed E-state index contributed by atoms with van der Waals surface area (Å²) in [5.41, 5.74) is 1.04. The highest BCUT2D eigenvalue weighted by Crippen LogP contribution is 2.32. The molecular formula is C17H19FN2O3S2. The highest BCUT2D eigenvalue weighted by Gasteiger charge is 2.21. The van der Waals surface area contributed by atoms with Gasteiger partial charge >= 0.3 is 0 Å². The molecule has 2 aromatic rings. The Hall–Kier alpha value is -1.80. The number of aryl methyl sites for hydroxylation is 1. The van der Waals surface area contributed by atoms with Gasteiger partial charge in [-0.2, -0.15) is 0 Å². The van der Waals surface area contributed by atoms with Crippen molar-refractivity contribution in [1.82, 2.24) is 4.98 Å². The van der Waals surface area contributed by atoms with Crippen LogP contribution in [0.3, 0.4) is 0 Å². The van der Waals surface area contributed by atoms with E-state index in [1.165, 1.54) is 28.3 Å². The number of rotatable bonds is 5. The molecule has 134 valence electrons. The van der Waals surface area contributed by atoms with Gasteiger partial charge < -0.3 is 5.32 Å². The maximum Gasteiger partial charge on any atom is 0.227 e. The second-order valence-corrected chi connectivity index (χ2v) is 9.50. The van der Waals surface area contributed by atoms with Gasteiger partial charge in [-0.3, -0.25) is 4.79 Å². The smallest absolute Gasteiger partial charge is 0.227 e. The largest absolute Gasteiger partial charge is 0.302 e. The molecule has 0 spiro atoms. The number of amides is 1. The summed E-state index contributed by atoms with van der Waals surface area (Å²) in [5.74, 6) is -0.590. The molecule has 8 heteroatoms. The van der Waals surface area contributed by atoms with Crippen molar-refractivity contribution in [1.29, 1.82) is 0 Å². The first-order valence-corrected chi connectivity index (χ1v) is 10.6. The van der Waals surface area contributed by atoms with Gasteiger partial charge in [0.25, 0.3) is 0 Å². The third-order valence-corrected chi connectivity index (χ3v) is 6.97.